The van der Waals surface area contributed by atoms with E-state index in [0.717, 1.165) is 27.5 Å². The van der Waals surface area contributed by atoms with E-state index in [4.69, 9.17) is 9.15 Å². The number of anilines is 1. The summed E-state index contributed by atoms with van der Waals surface area (Å²) in [5.74, 6) is -0.576. The monoisotopic (exact) mass is 419 g/mol. The Kier molecular flexibility index (Phi) is 4.29. The third-order valence-corrected chi connectivity index (χ3v) is 5.95. The van der Waals surface area contributed by atoms with Gasteiger partial charge in [-0.2, -0.15) is 0 Å². The first-order valence-corrected chi connectivity index (χ1v) is 10.2. The fourth-order valence-electron chi connectivity index (χ4n) is 3.57. The summed E-state index contributed by atoms with van der Waals surface area (Å²) in [6.07, 6.45) is 1.50. The van der Waals surface area contributed by atoms with Crippen molar-refractivity contribution >= 4 is 49.9 Å². The van der Waals surface area contributed by atoms with E-state index in [0.29, 0.717) is 10.6 Å². The number of fused-ring (bicyclic) bond motifs is 4. The first kappa shape index (κ1) is 18.4. The molecule has 0 bridgehead atoms. The van der Waals surface area contributed by atoms with Gasteiger partial charge in [-0.15, -0.1) is 11.3 Å². The maximum atomic E-state index is 13.0. The van der Waals surface area contributed by atoms with E-state index in [2.05, 4.69) is 16.4 Å². The first-order chi connectivity index (χ1) is 14.6. The van der Waals surface area contributed by atoms with Crippen molar-refractivity contribution in [1.29, 1.82) is 0 Å². The van der Waals surface area contributed by atoms with Crippen molar-refractivity contribution in [3.05, 3.63) is 75.7 Å². The molecule has 0 amide bonds. The second-order valence-corrected chi connectivity index (χ2v) is 7.76. The molecule has 2 aromatic carbocycles. The van der Waals surface area contributed by atoms with E-state index >= 15 is 0 Å². The number of hydrogen-bond acceptors (Lipinski definition) is 7. The molecule has 5 rings (SSSR count). The molecule has 3 heterocycles. The summed E-state index contributed by atoms with van der Waals surface area (Å²) in [5, 5.41) is 6.86. The Balaban J connectivity index is 1.53. The smallest absolute Gasteiger partial charge is 0.356 e. The molecule has 150 valence electrons. The van der Waals surface area contributed by atoms with Crippen LogP contribution < -0.4 is 10.9 Å². The molecule has 7 nitrogen and oxygen atoms in total. The number of para-hydroxylation sites is 1. The molecule has 30 heavy (non-hydrogen) atoms. The number of hydrogen-bond donors (Lipinski definition) is 1. The zero-order chi connectivity index (χ0) is 20.8. The van der Waals surface area contributed by atoms with Gasteiger partial charge in [0, 0.05) is 22.2 Å². The van der Waals surface area contributed by atoms with Crippen molar-refractivity contribution in [3.63, 3.8) is 0 Å². The highest BCUT2D eigenvalue weighted by Crippen LogP contribution is 2.31. The van der Waals surface area contributed by atoms with Gasteiger partial charge in [-0.3, -0.25) is 4.79 Å². The van der Waals surface area contributed by atoms with Crippen molar-refractivity contribution in [1.82, 2.24) is 9.38 Å². The van der Waals surface area contributed by atoms with Crippen LogP contribution in [0.15, 0.2) is 63.3 Å². The van der Waals surface area contributed by atoms with Gasteiger partial charge in [0.25, 0.3) is 5.56 Å². The minimum atomic E-state index is -0.576. The van der Waals surface area contributed by atoms with Gasteiger partial charge < -0.3 is 14.5 Å². The van der Waals surface area contributed by atoms with E-state index in [1.165, 1.54) is 29.0 Å². The van der Waals surface area contributed by atoms with Gasteiger partial charge in [0.2, 0.25) is 0 Å². The summed E-state index contributed by atoms with van der Waals surface area (Å²) in [4.78, 5) is 29.7. The normalized spacial score (nSPS) is 12.5. The van der Waals surface area contributed by atoms with Crippen LogP contribution in [0.25, 0.3) is 26.9 Å². The number of furan rings is 1. The number of nitrogens with zero attached hydrogens (tertiary/aromatic N) is 2. The largest absolute Gasteiger partial charge is 0.464 e. The highest BCUT2D eigenvalue weighted by molar-refractivity contribution is 7.15. The van der Waals surface area contributed by atoms with Crippen LogP contribution in [0.2, 0.25) is 0 Å². The maximum Gasteiger partial charge on any atom is 0.356 e. The van der Waals surface area contributed by atoms with E-state index in [-0.39, 0.29) is 17.3 Å². The van der Waals surface area contributed by atoms with Crippen molar-refractivity contribution in [2.24, 2.45) is 0 Å². The van der Waals surface area contributed by atoms with Crippen LogP contribution in [0.3, 0.4) is 0 Å². The van der Waals surface area contributed by atoms with Crippen molar-refractivity contribution in [2.75, 3.05) is 12.4 Å². The van der Waals surface area contributed by atoms with Crippen LogP contribution in [0.5, 0.6) is 0 Å². The molecular weight excluding hydrogens is 402 g/mol. The molecule has 0 radical (unpaired) electrons. The van der Waals surface area contributed by atoms with Crippen LogP contribution in [0.4, 0.5) is 5.69 Å². The lowest BCUT2D eigenvalue weighted by Gasteiger charge is -2.15. The molecule has 0 saturated heterocycles. The van der Waals surface area contributed by atoms with E-state index < -0.39 is 5.97 Å². The summed E-state index contributed by atoms with van der Waals surface area (Å²) >= 11 is 1.21. The predicted octanol–water partition coefficient (Wildman–Crippen LogP) is 4.62. The van der Waals surface area contributed by atoms with Gasteiger partial charge in [0.05, 0.1) is 13.3 Å². The molecule has 0 fully saturated rings. The average molecular weight is 419 g/mol. The molecule has 0 aliphatic heterocycles. The number of carbonyl (C=O) groups is 1. The number of carbonyl (C=O) groups excluding carboxylic acids is 1. The lowest BCUT2D eigenvalue weighted by molar-refractivity contribution is 0.0592. The number of aromatic nitrogens is 2. The van der Waals surface area contributed by atoms with Crippen LogP contribution in [0.1, 0.15) is 29.0 Å². The van der Waals surface area contributed by atoms with Gasteiger partial charge in [0.1, 0.15) is 22.5 Å². The van der Waals surface area contributed by atoms with E-state index in [9.17, 15) is 9.59 Å². The van der Waals surface area contributed by atoms with Crippen LogP contribution in [0, 0.1) is 0 Å². The second kappa shape index (κ2) is 7.00. The number of esters is 1. The number of ether oxygens (including phenoxy) is 1. The van der Waals surface area contributed by atoms with Gasteiger partial charge in [-0.1, -0.05) is 24.3 Å². The number of methoxy groups -OCH3 is 1. The maximum absolute atomic E-state index is 13.0. The predicted molar refractivity (Wildman–Crippen MR) is 116 cm³/mol. The fraction of sp³-hybridized carbons (Fsp3) is 0.136. The Morgan fingerprint density at radius 1 is 1.20 bits per heavy atom. The summed E-state index contributed by atoms with van der Waals surface area (Å²) < 4.78 is 11.9. The molecule has 0 unspecified atom stereocenters. The number of benzene rings is 2. The quantitative estimate of drug-likeness (QED) is 0.428. The Labute approximate surface area is 174 Å². The number of rotatable bonds is 4. The molecule has 8 heteroatoms. The highest BCUT2D eigenvalue weighted by atomic mass is 32.1. The Hall–Kier alpha value is -3.65. The number of thiazole rings is 1. The fourth-order valence-corrected chi connectivity index (χ4v) is 4.39. The molecule has 1 atom stereocenters. The van der Waals surface area contributed by atoms with Gasteiger partial charge in [0.15, 0.2) is 4.96 Å². The molecule has 0 aliphatic rings. The molecule has 0 saturated carbocycles. The van der Waals surface area contributed by atoms with E-state index in [1.54, 1.807) is 5.38 Å². The summed E-state index contributed by atoms with van der Waals surface area (Å²) in [6.45, 7) is 1.96. The zero-order valence-corrected chi connectivity index (χ0v) is 17.0. The van der Waals surface area contributed by atoms with Crippen molar-refractivity contribution in [3.8, 4) is 0 Å². The van der Waals surface area contributed by atoms with E-state index in [1.807, 2.05) is 43.3 Å². The van der Waals surface area contributed by atoms with Crippen molar-refractivity contribution in [2.45, 2.75) is 13.0 Å². The van der Waals surface area contributed by atoms with Gasteiger partial charge in [-0.25, -0.2) is 14.2 Å². The summed E-state index contributed by atoms with van der Waals surface area (Å²) in [5.41, 5.74) is 2.78. The molecule has 5 aromatic rings. The zero-order valence-electron chi connectivity index (χ0n) is 16.2. The molecule has 0 aliphatic carbocycles. The molecule has 3 aromatic heterocycles. The first-order valence-electron chi connectivity index (χ1n) is 9.32. The Bertz CT molecular complexity index is 1480. The van der Waals surface area contributed by atoms with Crippen LogP contribution >= 0.6 is 11.3 Å². The van der Waals surface area contributed by atoms with Crippen LogP contribution in [-0.4, -0.2) is 22.5 Å². The Morgan fingerprint density at radius 3 is 2.83 bits per heavy atom. The third kappa shape index (κ3) is 2.84. The lowest BCUT2D eigenvalue weighted by Crippen LogP contribution is -2.23. The van der Waals surface area contributed by atoms with Crippen LogP contribution in [-0.2, 0) is 4.74 Å². The van der Waals surface area contributed by atoms with Gasteiger partial charge in [-0.05, 0) is 30.7 Å². The topological polar surface area (TPSA) is 85.8 Å². The van der Waals surface area contributed by atoms with Crippen molar-refractivity contribution < 1.29 is 13.9 Å². The average Bonchev–Trinajstić information content (AvgIpc) is 3.36. The minimum absolute atomic E-state index is 0.164. The minimum Gasteiger partial charge on any atom is -0.464 e. The Morgan fingerprint density at radius 2 is 2.00 bits per heavy atom. The highest BCUT2D eigenvalue weighted by Gasteiger charge is 2.18. The number of nitrogens with one attached hydrogen (secondary N) is 1. The molecular formula is C22H17N3O4S. The third-order valence-electron chi connectivity index (χ3n) is 5.11. The summed E-state index contributed by atoms with van der Waals surface area (Å²) in [6, 6.07) is 13.7. The molecule has 0 spiro atoms. The lowest BCUT2D eigenvalue weighted by atomic mass is 10.0. The summed E-state index contributed by atoms with van der Waals surface area (Å²) in [7, 11) is 1.28. The SMILES string of the molecule is COC(=O)c1csc2ncc(N[C@H](C)c3ccc4oc5ccccc5c4c3)c(=O)n12. The second-order valence-electron chi connectivity index (χ2n) is 6.93. The molecule has 1 N–H and O–H groups in total. The standard InChI is InChI=1S/C22H17N3O4S/c1-12(13-7-8-19-15(9-13)14-5-3-4-6-18(14)29-19)24-16-10-23-22-25(20(16)26)17(11-30-22)21(27)28-2/h3-12,24H,1-2H3/t12-/m1/s1. The van der Waals surface area contributed by atoms with Gasteiger partial charge >= 0.3 is 5.97 Å².